The van der Waals surface area contributed by atoms with Gasteiger partial charge in [0.15, 0.2) is 0 Å². The molecular weight excluding hydrogens is 220 g/mol. The van der Waals surface area contributed by atoms with Crippen molar-refractivity contribution in [2.75, 3.05) is 19.6 Å². The van der Waals surface area contributed by atoms with Crippen LogP contribution in [0.5, 0.6) is 0 Å². The van der Waals surface area contributed by atoms with Gasteiger partial charge in [0, 0.05) is 12.6 Å². The van der Waals surface area contributed by atoms with Crippen molar-refractivity contribution in [1.82, 2.24) is 4.90 Å². The number of hydrogen-bond acceptors (Lipinski definition) is 2. The molecule has 1 unspecified atom stereocenters. The fraction of sp³-hybridized carbons (Fsp3) is 0.625. The highest BCUT2D eigenvalue weighted by Crippen LogP contribution is 2.14. The van der Waals surface area contributed by atoms with E-state index in [4.69, 9.17) is 5.73 Å². The molecule has 2 heteroatoms. The van der Waals surface area contributed by atoms with E-state index in [1.807, 2.05) is 0 Å². The van der Waals surface area contributed by atoms with Crippen LogP contribution in [0.1, 0.15) is 50.8 Å². The highest BCUT2D eigenvalue weighted by Gasteiger charge is 2.10. The molecule has 0 heterocycles. The van der Waals surface area contributed by atoms with E-state index in [1.165, 1.54) is 24.0 Å². The number of nitrogens with two attached hydrogens (primary N) is 1. The predicted octanol–water partition coefficient (Wildman–Crippen LogP) is 3.37. The maximum Gasteiger partial charge on any atom is 0.0424 e. The van der Waals surface area contributed by atoms with Crippen LogP contribution in [0.15, 0.2) is 24.3 Å². The van der Waals surface area contributed by atoms with Crippen LogP contribution in [-0.4, -0.2) is 24.5 Å². The summed E-state index contributed by atoms with van der Waals surface area (Å²) in [6, 6.07) is 8.87. The van der Waals surface area contributed by atoms with Gasteiger partial charge >= 0.3 is 0 Å². The minimum Gasteiger partial charge on any atom is -0.323 e. The lowest BCUT2D eigenvalue weighted by atomic mass is 10.0. The second-order valence-corrected chi connectivity index (χ2v) is 4.95. The second-order valence-electron chi connectivity index (χ2n) is 4.95. The van der Waals surface area contributed by atoms with E-state index in [1.54, 1.807) is 0 Å². The van der Waals surface area contributed by atoms with E-state index in [9.17, 15) is 0 Å². The van der Waals surface area contributed by atoms with Gasteiger partial charge in [0.2, 0.25) is 0 Å². The summed E-state index contributed by atoms with van der Waals surface area (Å²) in [5, 5.41) is 0. The average Bonchev–Trinajstić information content (AvgIpc) is 2.43. The molecule has 1 rings (SSSR count). The summed E-state index contributed by atoms with van der Waals surface area (Å²) in [4.78, 5) is 2.45. The third kappa shape index (κ3) is 4.79. The molecule has 0 aliphatic heterocycles. The van der Waals surface area contributed by atoms with Crippen molar-refractivity contribution in [3.63, 3.8) is 0 Å². The van der Waals surface area contributed by atoms with Crippen molar-refractivity contribution in [2.45, 2.75) is 46.1 Å². The van der Waals surface area contributed by atoms with E-state index in [2.05, 4.69) is 49.9 Å². The SMILES string of the molecule is CCCCN(CC)CC(N)c1ccc(CC)cc1. The first-order valence-corrected chi connectivity index (χ1v) is 7.28. The van der Waals surface area contributed by atoms with E-state index >= 15 is 0 Å². The molecule has 0 spiro atoms. The van der Waals surface area contributed by atoms with Gasteiger partial charge < -0.3 is 10.6 Å². The molecule has 1 aromatic carbocycles. The summed E-state index contributed by atoms with van der Waals surface area (Å²) >= 11 is 0. The minimum atomic E-state index is 0.132. The monoisotopic (exact) mass is 248 g/mol. The van der Waals surface area contributed by atoms with Gasteiger partial charge in [0.05, 0.1) is 0 Å². The number of likely N-dealkylation sites (N-methyl/N-ethyl adjacent to an activating group) is 1. The van der Waals surface area contributed by atoms with E-state index in [0.29, 0.717) is 0 Å². The summed E-state index contributed by atoms with van der Waals surface area (Å²) in [7, 11) is 0. The van der Waals surface area contributed by atoms with E-state index in [-0.39, 0.29) is 6.04 Å². The topological polar surface area (TPSA) is 29.3 Å². The summed E-state index contributed by atoms with van der Waals surface area (Å²) in [5.74, 6) is 0. The van der Waals surface area contributed by atoms with Crippen molar-refractivity contribution in [3.05, 3.63) is 35.4 Å². The van der Waals surface area contributed by atoms with Gasteiger partial charge in [-0.1, -0.05) is 51.5 Å². The van der Waals surface area contributed by atoms with Crippen LogP contribution in [0.2, 0.25) is 0 Å². The van der Waals surface area contributed by atoms with Crippen LogP contribution in [0.4, 0.5) is 0 Å². The molecular formula is C16H28N2. The Morgan fingerprint density at radius 3 is 2.28 bits per heavy atom. The van der Waals surface area contributed by atoms with E-state index < -0.39 is 0 Å². The first-order chi connectivity index (χ1) is 8.71. The van der Waals surface area contributed by atoms with Gasteiger partial charge in [-0.15, -0.1) is 0 Å². The van der Waals surface area contributed by atoms with Crippen LogP contribution in [0.25, 0.3) is 0 Å². The molecule has 0 saturated carbocycles. The van der Waals surface area contributed by atoms with E-state index in [0.717, 1.165) is 26.1 Å². The molecule has 0 fully saturated rings. The molecule has 2 nitrogen and oxygen atoms in total. The smallest absolute Gasteiger partial charge is 0.0424 e. The normalized spacial score (nSPS) is 12.9. The maximum atomic E-state index is 6.29. The van der Waals surface area contributed by atoms with Crippen LogP contribution in [0, 0.1) is 0 Å². The lowest BCUT2D eigenvalue weighted by Gasteiger charge is -2.24. The van der Waals surface area contributed by atoms with Crippen LogP contribution in [-0.2, 0) is 6.42 Å². The largest absolute Gasteiger partial charge is 0.323 e. The summed E-state index contributed by atoms with van der Waals surface area (Å²) in [6.07, 6.45) is 3.60. The molecule has 0 amide bonds. The zero-order valence-corrected chi connectivity index (χ0v) is 12.2. The fourth-order valence-corrected chi connectivity index (χ4v) is 2.14. The minimum absolute atomic E-state index is 0.132. The molecule has 0 saturated heterocycles. The highest BCUT2D eigenvalue weighted by molar-refractivity contribution is 5.25. The number of nitrogens with zero attached hydrogens (tertiary/aromatic N) is 1. The zero-order chi connectivity index (χ0) is 13.4. The van der Waals surface area contributed by atoms with Gasteiger partial charge in [-0.05, 0) is 37.1 Å². The lowest BCUT2D eigenvalue weighted by Crippen LogP contribution is -2.32. The third-order valence-electron chi connectivity index (χ3n) is 3.55. The molecule has 0 aliphatic carbocycles. The number of rotatable bonds is 8. The second kappa shape index (κ2) is 8.28. The Morgan fingerprint density at radius 1 is 1.11 bits per heavy atom. The molecule has 0 radical (unpaired) electrons. The van der Waals surface area contributed by atoms with Crippen molar-refractivity contribution < 1.29 is 0 Å². The molecule has 1 aromatic rings. The summed E-state index contributed by atoms with van der Waals surface area (Å²) < 4.78 is 0. The maximum absolute atomic E-state index is 6.29. The Kier molecular flexibility index (Phi) is 6.99. The van der Waals surface area contributed by atoms with Crippen LogP contribution < -0.4 is 5.73 Å². The standard InChI is InChI=1S/C16H28N2/c1-4-7-12-18(6-3)13-16(17)15-10-8-14(5-2)9-11-15/h8-11,16H,4-7,12-13,17H2,1-3H3. The number of aryl methyl sites for hydroxylation is 1. The zero-order valence-electron chi connectivity index (χ0n) is 12.2. The van der Waals surface area contributed by atoms with Crippen molar-refractivity contribution >= 4 is 0 Å². The first kappa shape index (κ1) is 15.2. The molecule has 2 N–H and O–H groups in total. The van der Waals surface area contributed by atoms with Gasteiger partial charge in [-0.25, -0.2) is 0 Å². The molecule has 0 aromatic heterocycles. The van der Waals surface area contributed by atoms with Gasteiger partial charge in [-0.2, -0.15) is 0 Å². The third-order valence-corrected chi connectivity index (χ3v) is 3.55. The average molecular weight is 248 g/mol. The fourth-order valence-electron chi connectivity index (χ4n) is 2.14. The highest BCUT2D eigenvalue weighted by atomic mass is 15.1. The molecule has 1 atom stereocenters. The van der Waals surface area contributed by atoms with Crippen LogP contribution >= 0.6 is 0 Å². The molecule has 0 bridgehead atoms. The molecule has 102 valence electrons. The predicted molar refractivity (Wildman–Crippen MR) is 79.8 cm³/mol. The Labute approximate surface area is 112 Å². The Bertz CT molecular complexity index is 318. The van der Waals surface area contributed by atoms with Gasteiger partial charge in [-0.3, -0.25) is 0 Å². The number of benzene rings is 1. The van der Waals surface area contributed by atoms with Crippen molar-refractivity contribution in [2.24, 2.45) is 5.73 Å². The molecule has 18 heavy (non-hydrogen) atoms. The first-order valence-electron chi connectivity index (χ1n) is 7.28. The van der Waals surface area contributed by atoms with Gasteiger partial charge in [0.25, 0.3) is 0 Å². The van der Waals surface area contributed by atoms with Gasteiger partial charge in [0.1, 0.15) is 0 Å². The Morgan fingerprint density at radius 2 is 1.78 bits per heavy atom. The Balaban J connectivity index is 2.53. The van der Waals surface area contributed by atoms with Crippen molar-refractivity contribution in [3.8, 4) is 0 Å². The number of unbranched alkanes of at least 4 members (excludes halogenated alkanes) is 1. The van der Waals surface area contributed by atoms with Crippen molar-refractivity contribution in [1.29, 1.82) is 0 Å². The molecule has 0 aliphatic rings. The summed E-state index contributed by atoms with van der Waals surface area (Å²) in [5.41, 5.74) is 8.92. The summed E-state index contributed by atoms with van der Waals surface area (Å²) in [6.45, 7) is 9.83. The number of hydrogen-bond donors (Lipinski definition) is 1. The lowest BCUT2D eigenvalue weighted by molar-refractivity contribution is 0.266. The Hall–Kier alpha value is -0.860. The van der Waals surface area contributed by atoms with Crippen LogP contribution in [0.3, 0.4) is 0 Å². The quantitative estimate of drug-likeness (QED) is 0.764.